The number of β-amino-alcohol motifs (C(OH)–C–C–N with tert-alkyl or cyclic N) is 1. The van der Waals surface area contributed by atoms with Gasteiger partial charge in [0, 0.05) is 5.56 Å². The van der Waals surface area contributed by atoms with Gasteiger partial charge in [0.05, 0.1) is 19.1 Å². The van der Waals surface area contributed by atoms with Crippen LogP contribution >= 0.6 is 11.5 Å². The van der Waals surface area contributed by atoms with Crippen molar-refractivity contribution in [3.8, 4) is 10.6 Å². The molecule has 18 heavy (non-hydrogen) atoms. The third kappa shape index (κ3) is 2.00. The summed E-state index contributed by atoms with van der Waals surface area (Å²) in [5.41, 5.74) is 0.980. The summed E-state index contributed by atoms with van der Waals surface area (Å²) < 4.78 is 4.18. The molecule has 1 saturated heterocycles. The van der Waals surface area contributed by atoms with E-state index in [1.807, 2.05) is 30.3 Å². The first kappa shape index (κ1) is 11.3. The van der Waals surface area contributed by atoms with Crippen molar-refractivity contribution in [3.63, 3.8) is 0 Å². The molecule has 6 heteroatoms. The number of aromatic nitrogens is 2. The van der Waals surface area contributed by atoms with E-state index >= 15 is 0 Å². The fourth-order valence-electron chi connectivity index (χ4n) is 1.91. The molecule has 0 aliphatic carbocycles. The SMILES string of the molecule is O=C1CC(O)CN1c1nsc(-c2ccccc2)n1. The molecule has 0 saturated carbocycles. The highest BCUT2D eigenvalue weighted by Crippen LogP contribution is 2.26. The minimum Gasteiger partial charge on any atom is -0.391 e. The van der Waals surface area contributed by atoms with Gasteiger partial charge in [-0.15, -0.1) is 0 Å². The van der Waals surface area contributed by atoms with Crippen LogP contribution in [0, 0.1) is 0 Å². The van der Waals surface area contributed by atoms with Crippen molar-refractivity contribution in [3.05, 3.63) is 30.3 Å². The van der Waals surface area contributed by atoms with Gasteiger partial charge in [-0.25, -0.2) is 0 Å². The number of anilines is 1. The van der Waals surface area contributed by atoms with Crippen molar-refractivity contribution >= 4 is 23.4 Å². The average Bonchev–Trinajstić information content (AvgIpc) is 2.97. The van der Waals surface area contributed by atoms with Gasteiger partial charge in [-0.2, -0.15) is 9.36 Å². The molecule has 5 nitrogen and oxygen atoms in total. The van der Waals surface area contributed by atoms with Gasteiger partial charge in [0.1, 0.15) is 5.01 Å². The summed E-state index contributed by atoms with van der Waals surface area (Å²) in [6, 6.07) is 9.70. The molecule has 1 aliphatic heterocycles. The molecular formula is C12H11N3O2S. The van der Waals surface area contributed by atoms with Gasteiger partial charge in [0.25, 0.3) is 0 Å². The van der Waals surface area contributed by atoms with Gasteiger partial charge in [-0.05, 0) is 11.5 Å². The van der Waals surface area contributed by atoms with E-state index in [0.717, 1.165) is 10.6 Å². The first-order valence-electron chi connectivity index (χ1n) is 5.61. The van der Waals surface area contributed by atoms with Gasteiger partial charge in [-0.1, -0.05) is 30.3 Å². The number of benzene rings is 1. The summed E-state index contributed by atoms with van der Waals surface area (Å²) in [5, 5.41) is 10.2. The number of aliphatic hydroxyl groups is 1. The lowest BCUT2D eigenvalue weighted by atomic mass is 10.2. The Morgan fingerprint density at radius 2 is 2.11 bits per heavy atom. The zero-order valence-corrected chi connectivity index (χ0v) is 10.3. The smallest absolute Gasteiger partial charge is 0.244 e. The molecule has 0 spiro atoms. The molecule has 1 unspecified atom stereocenters. The van der Waals surface area contributed by atoms with Crippen LogP contribution in [-0.2, 0) is 4.79 Å². The van der Waals surface area contributed by atoms with Crippen LogP contribution < -0.4 is 4.90 Å². The predicted octanol–water partition coefficient (Wildman–Crippen LogP) is 1.30. The van der Waals surface area contributed by atoms with Crippen molar-refractivity contribution < 1.29 is 9.90 Å². The van der Waals surface area contributed by atoms with E-state index in [-0.39, 0.29) is 18.9 Å². The first-order chi connectivity index (χ1) is 8.74. The molecule has 1 aliphatic rings. The summed E-state index contributed by atoms with van der Waals surface area (Å²) in [5.74, 6) is 0.264. The summed E-state index contributed by atoms with van der Waals surface area (Å²) in [6.07, 6.45) is -0.457. The number of rotatable bonds is 2. The molecule has 0 radical (unpaired) electrons. The highest BCUT2D eigenvalue weighted by Gasteiger charge is 2.31. The summed E-state index contributed by atoms with van der Waals surface area (Å²) in [6.45, 7) is 0.282. The Labute approximate surface area is 108 Å². The van der Waals surface area contributed by atoms with Gasteiger partial charge in [-0.3, -0.25) is 9.69 Å². The lowest BCUT2D eigenvalue weighted by Gasteiger charge is -2.09. The highest BCUT2D eigenvalue weighted by atomic mass is 32.1. The predicted molar refractivity (Wildman–Crippen MR) is 68.3 cm³/mol. The van der Waals surface area contributed by atoms with E-state index in [1.54, 1.807) is 0 Å². The zero-order valence-electron chi connectivity index (χ0n) is 9.48. The summed E-state index contributed by atoms with van der Waals surface area (Å²) >= 11 is 1.26. The van der Waals surface area contributed by atoms with Crippen molar-refractivity contribution in [2.75, 3.05) is 11.4 Å². The minimum atomic E-state index is -0.610. The molecule has 1 fully saturated rings. The van der Waals surface area contributed by atoms with E-state index in [4.69, 9.17) is 0 Å². The van der Waals surface area contributed by atoms with E-state index in [9.17, 15) is 9.90 Å². The van der Waals surface area contributed by atoms with Crippen LogP contribution in [0.25, 0.3) is 10.6 Å². The fraction of sp³-hybridized carbons (Fsp3) is 0.250. The lowest BCUT2D eigenvalue weighted by molar-refractivity contribution is -0.117. The molecule has 2 aromatic rings. The monoisotopic (exact) mass is 261 g/mol. The molecule has 1 amide bonds. The first-order valence-corrected chi connectivity index (χ1v) is 6.39. The Hall–Kier alpha value is -1.79. The molecule has 3 rings (SSSR count). The van der Waals surface area contributed by atoms with E-state index in [1.165, 1.54) is 16.4 Å². The number of amides is 1. The molecule has 92 valence electrons. The van der Waals surface area contributed by atoms with E-state index < -0.39 is 6.10 Å². The van der Waals surface area contributed by atoms with Crippen LogP contribution in [0.15, 0.2) is 30.3 Å². The zero-order chi connectivity index (χ0) is 12.5. The topological polar surface area (TPSA) is 66.3 Å². The van der Waals surface area contributed by atoms with Crippen molar-refractivity contribution in [1.29, 1.82) is 0 Å². The summed E-state index contributed by atoms with van der Waals surface area (Å²) in [4.78, 5) is 17.4. The standard InChI is InChI=1S/C12H11N3O2S/c16-9-6-10(17)15(7-9)12-13-11(18-14-12)8-4-2-1-3-5-8/h1-5,9,16H,6-7H2. The third-order valence-corrected chi connectivity index (χ3v) is 3.54. The maximum Gasteiger partial charge on any atom is 0.244 e. The normalized spacial score (nSPS) is 19.5. The quantitative estimate of drug-likeness (QED) is 0.885. The minimum absolute atomic E-state index is 0.125. The Kier molecular flexibility index (Phi) is 2.81. The molecule has 1 N–H and O–H groups in total. The van der Waals surface area contributed by atoms with Crippen molar-refractivity contribution in [2.24, 2.45) is 0 Å². The Morgan fingerprint density at radius 1 is 1.33 bits per heavy atom. The van der Waals surface area contributed by atoms with Crippen LogP contribution in [0.4, 0.5) is 5.95 Å². The van der Waals surface area contributed by atoms with Gasteiger partial charge < -0.3 is 5.11 Å². The Balaban J connectivity index is 1.88. The second kappa shape index (κ2) is 4.47. The molecule has 1 aromatic carbocycles. The largest absolute Gasteiger partial charge is 0.391 e. The number of aliphatic hydroxyl groups excluding tert-OH is 1. The van der Waals surface area contributed by atoms with E-state index in [0.29, 0.717) is 5.95 Å². The van der Waals surface area contributed by atoms with Crippen LogP contribution in [-0.4, -0.2) is 33.0 Å². The van der Waals surface area contributed by atoms with Crippen molar-refractivity contribution in [2.45, 2.75) is 12.5 Å². The summed E-state index contributed by atoms with van der Waals surface area (Å²) in [7, 11) is 0. The van der Waals surface area contributed by atoms with Crippen LogP contribution in [0.5, 0.6) is 0 Å². The lowest BCUT2D eigenvalue weighted by Crippen LogP contribution is -2.26. The number of hydrogen-bond acceptors (Lipinski definition) is 5. The fourth-order valence-corrected chi connectivity index (χ4v) is 2.58. The maximum absolute atomic E-state index is 11.6. The number of carbonyl (C=O) groups is 1. The molecule has 1 atom stereocenters. The Bertz CT molecular complexity index is 570. The van der Waals surface area contributed by atoms with E-state index in [2.05, 4.69) is 9.36 Å². The van der Waals surface area contributed by atoms with Crippen LogP contribution in [0.1, 0.15) is 6.42 Å². The highest BCUT2D eigenvalue weighted by molar-refractivity contribution is 7.09. The Morgan fingerprint density at radius 3 is 2.78 bits per heavy atom. The second-order valence-electron chi connectivity index (χ2n) is 4.13. The van der Waals surface area contributed by atoms with Crippen molar-refractivity contribution in [1.82, 2.24) is 9.36 Å². The number of carbonyl (C=O) groups excluding carboxylic acids is 1. The second-order valence-corrected chi connectivity index (χ2v) is 4.88. The average molecular weight is 261 g/mol. The van der Waals surface area contributed by atoms with Gasteiger partial charge in [0.2, 0.25) is 11.9 Å². The third-order valence-electron chi connectivity index (χ3n) is 2.78. The molecule has 0 bridgehead atoms. The van der Waals surface area contributed by atoms with Gasteiger partial charge >= 0.3 is 0 Å². The van der Waals surface area contributed by atoms with Crippen LogP contribution in [0.3, 0.4) is 0 Å². The molecule has 2 heterocycles. The van der Waals surface area contributed by atoms with Crippen LogP contribution in [0.2, 0.25) is 0 Å². The van der Waals surface area contributed by atoms with Gasteiger partial charge in [0.15, 0.2) is 0 Å². The number of hydrogen-bond donors (Lipinski definition) is 1. The molecular weight excluding hydrogens is 250 g/mol. The molecule has 1 aromatic heterocycles. The maximum atomic E-state index is 11.6. The number of nitrogens with zero attached hydrogens (tertiary/aromatic N) is 3.